The van der Waals surface area contributed by atoms with E-state index in [1.807, 2.05) is 0 Å². The van der Waals surface area contributed by atoms with Crippen molar-refractivity contribution in [2.45, 2.75) is 19.9 Å². The summed E-state index contributed by atoms with van der Waals surface area (Å²) in [6, 6.07) is 7.39. The number of hydrogen-bond acceptors (Lipinski definition) is 4. The quantitative estimate of drug-likeness (QED) is 0.687. The Morgan fingerprint density at radius 2 is 2.04 bits per heavy atom. The summed E-state index contributed by atoms with van der Waals surface area (Å²) in [6.07, 6.45) is 0. The van der Waals surface area contributed by atoms with Gasteiger partial charge in [0, 0.05) is 5.56 Å². The van der Waals surface area contributed by atoms with E-state index in [0.29, 0.717) is 22.9 Å². The van der Waals surface area contributed by atoms with Gasteiger partial charge in [0.25, 0.3) is 5.91 Å². The van der Waals surface area contributed by atoms with Crippen molar-refractivity contribution in [3.05, 3.63) is 53.5 Å². The second kappa shape index (κ2) is 5.99. The molecule has 0 radical (unpaired) electrons. The van der Waals surface area contributed by atoms with Gasteiger partial charge in [0.15, 0.2) is 5.82 Å². The van der Waals surface area contributed by atoms with Crippen LogP contribution in [0.25, 0.3) is 11.3 Å². The molecule has 1 atom stereocenters. The van der Waals surface area contributed by atoms with E-state index in [1.165, 1.54) is 12.1 Å². The Hall–Kier alpha value is -3.03. The van der Waals surface area contributed by atoms with Crippen molar-refractivity contribution in [1.29, 1.82) is 0 Å². The van der Waals surface area contributed by atoms with E-state index < -0.39 is 5.82 Å². The molecule has 1 aromatic carbocycles. The molecular formula is C15H15FN6O. The first-order valence-corrected chi connectivity index (χ1v) is 7.04. The van der Waals surface area contributed by atoms with Gasteiger partial charge < -0.3 is 5.32 Å². The maximum atomic E-state index is 13.7. The van der Waals surface area contributed by atoms with E-state index in [-0.39, 0.29) is 17.6 Å². The van der Waals surface area contributed by atoms with Gasteiger partial charge in [0.1, 0.15) is 17.3 Å². The molecule has 0 saturated heterocycles. The fraction of sp³-hybridized carbons (Fsp3) is 0.200. The Balaban J connectivity index is 1.75. The summed E-state index contributed by atoms with van der Waals surface area (Å²) in [7, 11) is 0. The van der Waals surface area contributed by atoms with E-state index in [4.69, 9.17) is 0 Å². The fourth-order valence-electron chi connectivity index (χ4n) is 2.14. The van der Waals surface area contributed by atoms with Gasteiger partial charge in [-0.2, -0.15) is 10.2 Å². The number of carbonyl (C=O) groups is 1. The molecule has 0 fully saturated rings. The zero-order chi connectivity index (χ0) is 16.4. The van der Waals surface area contributed by atoms with Gasteiger partial charge >= 0.3 is 0 Å². The predicted molar refractivity (Wildman–Crippen MR) is 81.0 cm³/mol. The molecule has 3 N–H and O–H groups in total. The Kier molecular flexibility index (Phi) is 3.88. The molecule has 2 aromatic heterocycles. The van der Waals surface area contributed by atoms with Gasteiger partial charge in [-0.3, -0.25) is 15.0 Å². The van der Waals surface area contributed by atoms with Crippen LogP contribution in [-0.2, 0) is 0 Å². The number of aromatic nitrogens is 5. The first-order chi connectivity index (χ1) is 11.0. The summed E-state index contributed by atoms with van der Waals surface area (Å²) in [5.41, 5.74) is 0.942. The van der Waals surface area contributed by atoms with Crippen LogP contribution >= 0.6 is 0 Å². The van der Waals surface area contributed by atoms with E-state index in [0.717, 1.165) is 0 Å². The Labute approximate surface area is 131 Å². The number of nitrogens with one attached hydrogen (secondary N) is 3. The highest BCUT2D eigenvalue weighted by Gasteiger charge is 2.17. The lowest BCUT2D eigenvalue weighted by Crippen LogP contribution is -2.27. The maximum Gasteiger partial charge on any atom is 0.269 e. The average molecular weight is 314 g/mol. The highest BCUT2D eigenvalue weighted by molar-refractivity contribution is 5.93. The molecule has 0 unspecified atom stereocenters. The molecule has 2 heterocycles. The average Bonchev–Trinajstić information content (AvgIpc) is 3.16. The van der Waals surface area contributed by atoms with Crippen LogP contribution in [0, 0.1) is 12.7 Å². The highest BCUT2D eigenvalue weighted by Crippen LogP contribution is 2.21. The number of amides is 1. The summed E-state index contributed by atoms with van der Waals surface area (Å²) >= 11 is 0. The normalized spacial score (nSPS) is 12.1. The monoisotopic (exact) mass is 314 g/mol. The number of aryl methyl sites for hydroxylation is 1. The van der Waals surface area contributed by atoms with Gasteiger partial charge in [0.2, 0.25) is 0 Å². The second-order valence-electron chi connectivity index (χ2n) is 5.12. The molecule has 3 rings (SSSR count). The van der Waals surface area contributed by atoms with Crippen molar-refractivity contribution in [3.8, 4) is 11.3 Å². The van der Waals surface area contributed by atoms with Crippen LogP contribution < -0.4 is 5.32 Å². The number of halogens is 1. The number of aromatic amines is 2. The zero-order valence-corrected chi connectivity index (χ0v) is 12.6. The van der Waals surface area contributed by atoms with Crippen molar-refractivity contribution < 1.29 is 9.18 Å². The van der Waals surface area contributed by atoms with E-state index in [1.54, 1.807) is 32.0 Å². The van der Waals surface area contributed by atoms with Crippen molar-refractivity contribution in [2.24, 2.45) is 0 Å². The smallest absolute Gasteiger partial charge is 0.269 e. The van der Waals surface area contributed by atoms with E-state index in [9.17, 15) is 9.18 Å². The van der Waals surface area contributed by atoms with Crippen molar-refractivity contribution in [1.82, 2.24) is 30.7 Å². The van der Waals surface area contributed by atoms with Gasteiger partial charge in [-0.1, -0.05) is 12.1 Å². The Bertz CT molecular complexity index is 840. The number of benzene rings is 1. The minimum absolute atomic E-state index is 0.238. The summed E-state index contributed by atoms with van der Waals surface area (Å²) in [5, 5.41) is 16.1. The van der Waals surface area contributed by atoms with Crippen molar-refractivity contribution in [3.63, 3.8) is 0 Å². The molecule has 7 nitrogen and oxygen atoms in total. The van der Waals surface area contributed by atoms with Crippen LogP contribution in [0.3, 0.4) is 0 Å². The van der Waals surface area contributed by atoms with E-state index >= 15 is 0 Å². The van der Waals surface area contributed by atoms with Crippen LogP contribution in [0.4, 0.5) is 4.39 Å². The first kappa shape index (κ1) is 14.9. The summed E-state index contributed by atoms with van der Waals surface area (Å²) in [5.74, 6) is 0.403. The summed E-state index contributed by atoms with van der Waals surface area (Å²) in [4.78, 5) is 16.4. The topological polar surface area (TPSA) is 99.3 Å². The molecule has 0 aliphatic carbocycles. The lowest BCUT2D eigenvalue weighted by molar-refractivity contribution is 0.0933. The van der Waals surface area contributed by atoms with Crippen LogP contribution in [0.5, 0.6) is 0 Å². The minimum Gasteiger partial charge on any atom is -0.341 e. The number of rotatable bonds is 4. The molecule has 0 bridgehead atoms. The third kappa shape index (κ3) is 3.10. The SMILES string of the molecule is Cc1nc([C@H](C)NC(=O)c2cc(-c3ccccc3F)n[nH]2)n[nH]1. The molecular weight excluding hydrogens is 299 g/mol. The summed E-state index contributed by atoms with van der Waals surface area (Å²) < 4.78 is 13.7. The van der Waals surface area contributed by atoms with Gasteiger partial charge in [-0.15, -0.1) is 0 Å². The van der Waals surface area contributed by atoms with Gasteiger partial charge in [-0.05, 0) is 32.0 Å². The largest absolute Gasteiger partial charge is 0.341 e. The second-order valence-corrected chi connectivity index (χ2v) is 5.12. The maximum absolute atomic E-state index is 13.7. The first-order valence-electron chi connectivity index (χ1n) is 7.04. The molecule has 0 spiro atoms. The molecule has 0 saturated carbocycles. The van der Waals surface area contributed by atoms with Crippen molar-refractivity contribution in [2.75, 3.05) is 0 Å². The molecule has 8 heteroatoms. The third-order valence-corrected chi connectivity index (χ3v) is 3.32. The van der Waals surface area contributed by atoms with Crippen LogP contribution in [0.1, 0.15) is 35.1 Å². The van der Waals surface area contributed by atoms with Crippen LogP contribution in [0.2, 0.25) is 0 Å². The lowest BCUT2D eigenvalue weighted by atomic mass is 10.1. The highest BCUT2D eigenvalue weighted by atomic mass is 19.1. The van der Waals surface area contributed by atoms with E-state index in [2.05, 4.69) is 30.7 Å². The molecule has 118 valence electrons. The number of nitrogens with zero attached hydrogens (tertiary/aromatic N) is 3. The van der Waals surface area contributed by atoms with Crippen LogP contribution in [0.15, 0.2) is 30.3 Å². The summed E-state index contributed by atoms with van der Waals surface area (Å²) in [6.45, 7) is 3.55. The minimum atomic E-state index is -0.393. The fourth-order valence-corrected chi connectivity index (χ4v) is 2.14. The molecule has 0 aliphatic heterocycles. The lowest BCUT2D eigenvalue weighted by Gasteiger charge is -2.08. The third-order valence-electron chi connectivity index (χ3n) is 3.32. The number of carbonyl (C=O) groups excluding carboxylic acids is 1. The zero-order valence-electron chi connectivity index (χ0n) is 12.6. The number of H-pyrrole nitrogens is 2. The standard InChI is InChI=1S/C15H15FN6O/c1-8(14-18-9(2)19-22-14)17-15(23)13-7-12(20-21-13)10-5-3-4-6-11(10)16/h3-8H,1-2H3,(H,17,23)(H,20,21)(H,18,19,22)/t8-/m0/s1. The van der Waals surface area contributed by atoms with Crippen molar-refractivity contribution >= 4 is 5.91 Å². The molecule has 23 heavy (non-hydrogen) atoms. The van der Waals surface area contributed by atoms with Gasteiger partial charge in [0.05, 0.1) is 11.7 Å². The predicted octanol–water partition coefficient (Wildman–Crippen LogP) is 2.13. The molecule has 3 aromatic rings. The molecule has 0 aliphatic rings. The van der Waals surface area contributed by atoms with Gasteiger partial charge in [-0.25, -0.2) is 9.37 Å². The Morgan fingerprint density at radius 1 is 1.26 bits per heavy atom. The number of hydrogen-bond donors (Lipinski definition) is 3. The molecule has 1 amide bonds. The Morgan fingerprint density at radius 3 is 2.74 bits per heavy atom. The van der Waals surface area contributed by atoms with Crippen LogP contribution in [-0.4, -0.2) is 31.3 Å².